The minimum Gasteiger partial charge on any atom is -0.393 e. The first kappa shape index (κ1) is 22.5. The fourth-order valence-electron chi connectivity index (χ4n) is 11.5. The van der Waals surface area contributed by atoms with Crippen LogP contribution in [0.5, 0.6) is 0 Å². The van der Waals surface area contributed by atoms with Crippen molar-refractivity contribution >= 4 is 0 Å². The van der Waals surface area contributed by atoms with Crippen molar-refractivity contribution in [3.63, 3.8) is 0 Å². The first-order valence-electron chi connectivity index (χ1n) is 13.7. The van der Waals surface area contributed by atoms with Crippen LogP contribution in [0, 0.1) is 56.7 Å². The van der Waals surface area contributed by atoms with Gasteiger partial charge in [0.25, 0.3) is 0 Å². The molecular weight excluding hydrogens is 376 g/mol. The number of hydrogen-bond acceptors (Lipinski definition) is 1. The van der Waals surface area contributed by atoms with Crippen molar-refractivity contribution in [2.75, 3.05) is 0 Å². The van der Waals surface area contributed by atoms with Gasteiger partial charge in [-0.15, -0.1) is 0 Å². The molecule has 31 heavy (non-hydrogen) atoms. The zero-order chi connectivity index (χ0) is 22.6. The first-order valence-corrected chi connectivity index (χ1v) is 13.7. The van der Waals surface area contributed by atoms with Gasteiger partial charge in [-0.25, -0.2) is 0 Å². The van der Waals surface area contributed by atoms with E-state index in [0.717, 1.165) is 24.2 Å². The summed E-state index contributed by atoms with van der Waals surface area (Å²) in [6, 6.07) is 0. The molecule has 0 bridgehead atoms. The molecule has 1 N–H and O–H groups in total. The van der Waals surface area contributed by atoms with E-state index in [0.29, 0.717) is 28.1 Å². The van der Waals surface area contributed by atoms with E-state index in [1.165, 1.54) is 51.4 Å². The standard InChI is InChI=1S/C30H50O/c1-19(2)20-10-11-24-27(20,5)16-17-29(7)22-18-23(31)25-26(3,4)13-9-14-28(25,6)21(22)12-15-30(24,29)8/h12,19-20,22-25,31H,9-11,13-18H2,1-8H3. The molecule has 0 aromatic rings. The maximum absolute atomic E-state index is 11.7. The van der Waals surface area contributed by atoms with Crippen LogP contribution in [0.1, 0.15) is 113 Å². The fourth-order valence-corrected chi connectivity index (χ4v) is 11.5. The Labute approximate surface area is 192 Å². The maximum atomic E-state index is 11.7. The maximum Gasteiger partial charge on any atom is 0.0587 e. The minimum absolute atomic E-state index is 0.137. The van der Waals surface area contributed by atoms with Crippen LogP contribution in [-0.2, 0) is 0 Å². The quantitative estimate of drug-likeness (QED) is 0.421. The summed E-state index contributed by atoms with van der Waals surface area (Å²) in [5.41, 5.74) is 3.46. The highest BCUT2D eigenvalue weighted by molar-refractivity contribution is 5.33. The van der Waals surface area contributed by atoms with Gasteiger partial charge in [-0.05, 0) is 108 Å². The predicted molar refractivity (Wildman–Crippen MR) is 131 cm³/mol. The molecule has 1 heteroatoms. The smallest absolute Gasteiger partial charge is 0.0587 e. The van der Waals surface area contributed by atoms with Crippen molar-refractivity contribution in [3.05, 3.63) is 11.6 Å². The summed E-state index contributed by atoms with van der Waals surface area (Å²) in [6.45, 7) is 20.4. The van der Waals surface area contributed by atoms with Crippen molar-refractivity contribution in [1.29, 1.82) is 0 Å². The van der Waals surface area contributed by atoms with Gasteiger partial charge in [0.2, 0.25) is 0 Å². The zero-order valence-corrected chi connectivity index (χ0v) is 21.9. The Morgan fingerprint density at radius 3 is 2.29 bits per heavy atom. The summed E-state index contributed by atoms with van der Waals surface area (Å²) in [6.07, 6.45) is 14.4. The number of allylic oxidation sites excluding steroid dienone is 2. The van der Waals surface area contributed by atoms with Crippen LogP contribution in [0.3, 0.4) is 0 Å². The lowest BCUT2D eigenvalue weighted by molar-refractivity contribution is -0.176. The molecule has 0 amide bonds. The number of fused-ring (bicyclic) bond motifs is 7. The van der Waals surface area contributed by atoms with Crippen molar-refractivity contribution < 1.29 is 5.11 Å². The average Bonchev–Trinajstić information content (AvgIpc) is 3.01. The second-order valence-electron chi connectivity index (χ2n) is 14.8. The Morgan fingerprint density at radius 1 is 0.903 bits per heavy atom. The molecule has 4 fully saturated rings. The zero-order valence-electron chi connectivity index (χ0n) is 21.9. The van der Waals surface area contributed by atoms with E-state index in [2.05, 4.69) is 61.5 Å². The normalized spacial score (nSPS) is 55.7. The van der Waals surface area contributed by atoms with Gasteiger partial charge in [0.15, 0.2) is 0 Å². The average molecular weight is 427 g/mol. The molecule has 9 atom stereocenters. The van der Waals surface area contributed by atoms with E-state index in [9.17, 15) is 5.11 Å². The lowest BCUT2D eigenvalue weighted by Crippen LogP contribution is -2.63. The van der Waals surface area contributed by atoms with Gasteiger partial charge in [-0.3, -0.25) is 0 Å². The minimum atomic E-state index is -0.137. The summed E-state index contributed by atoms with van der Waals surface area (Å²) in [5, 5.41) is 11.7. The molecule has 0 heterocycles. The SMILES string of the molecule is CC(C)C1CCC2C1(C)CCC1(C)C3CC(O)C4C(C)(C)CCCC4(C)C3=CCC21C. The Balaban J connectivity index is 1.58. The van der Waals surface area contributed by atoms with E-state index in [-0.39, 0.29) is 16.9 Å². The van der Waals surface area contributed by atoms with Gasteiger partial charge in [0, 0.05) is 0 Å². The molecule has 0 aromatic heterocycles. The molecule has 4 saturated carbocycles. The van der Waals surface area contributed by atoms with Gasteiger partial charge in [0.1, 0.15) is 0 Å². The molecule has 0 aromatic carbocycles. The molecule has 1 nitrogen and oxygen atoms in total. The summed E-state index contributed by atoms with van der Waals surface area (Å²) >= 11 is 0. The monoisotopic (exact) mass is 426 g/mol. The highest BCUT2D eigenvalue weighted by atomic mass is 16.3. The number of aliphatic hydroxyl groups is 1. The van der Waals surface area contributed by atoms with Crippen LogP contribution in [0.15, 0.2) is 11.6 Å². The van der Waals surface area contributed by atoms with E-state index >= 15 is 0 Å². The number of rotatable bonds is 1. The van der Waals surface area contributed by atoms with Crippen molar-refractivity contribution in [1.82, 2.24) is 0 Å². The van der Waals surface area contributed by atoms with Crippen LogP contribution >= 0.6 is 0 Å². The second kappa shape index (κ2) is 6.64. The molecule has 5 aliphatic rings. The van der Waals surface area contributed by atoms with Crippen LogP contribution in [0.2, 0.25) is 0 Å². The molecule has 0 radical (unpaired) electrons. The Morgan fingerprint density at radius 2 is 1.61 bits per heavy atom. The third-order valence-electron chi connectivity index (χ3n) is 12.9. The molecule has 0 spiro atoms. The van der Waals surface area contributed by atoms with Gasteiger partial charge in [-0.1, -0.05) is 73.5 Å². The molecule has 9 unspecified atom stereocenters. The highest BCUT2D eigenvalue weighted by Gasteiger charge is 2.68. The Bertz CT molecular complexity index is 777. The highest BCUT2D eigenvalue weighted by Crippen LogP contribution is 2.76. The lowest BCUT2D eigenvalue weighted by Gasteiger charge is -2.69. The van der Waals surface area contributed by atoms with E-state index in [4.69, 9.17) is 0 Å². The summed E-state index contributed by atoms with van der Waals surface area (Å²) in [7, 11) is 0. The van der Waals surface area contributed by atoms with Crippen LogP contribution in [0.25, 0.3) is 0 Å². The van der Waals surface area contributed by atoms with E-state index < -0.39 is 0 Å². The van der Waals surface area contributed by atoms with Gasteiger partial charge in [0.05, 0.1) is 6.10 Å². The molecule has 5 rings (SSSR count). The van der Waals surface area contributed by atoms with Gasteiger partial charge in [-0.2, -0.15) is 0 Å². The van der Waals surface area contributed by atoms with Crippen LogP contribution in [0.4, 0.5) is 0 Å². The predicted octanol–water partition coefficient (Wildman–Crippen LogP) is 8.02. The van der Waals surface area contributed by atoms with Crippen molar-refractivity contribution in [2.24, 2.45) is 56.7 Å². The third-order valence-corrected chi connectivity index (χ3v) is 12.9. The summed E-state index contributed by atoms with van der Waals surface area (Å²) in [4.78, 5) is 0. The molecule has 176 valence electrons. The Kier molecular flexibility index (Phi) is 4.82. The lowest BCUT2D eigenvalue weighted by atomic mass is 9.35. The van der Waals surface area contributed by atoms with Crippen LogP contribution < -0.4 is 0 Å². The van der Waals surface area contributed by atoms with E-state index in [1.807, 2.05) is 0 Å². The first-order chi connectivity index (χ1) is 14.3. The van der Waals surface area contributed by atoms with Crippen molar-refractivity contribution in [2.45, 2.75) is 119 Å². The fraction of sp³-hybridized carbons (Fsp3) is 0.933. The molecule has 0 saturated heterocycles. The topological polar surface area (TPSA) is 20.2 Å². The van der Waals surface area contributed by atoms with Gasteiger partial charge < -0.3 is 5.11 Å². The summed E-state index contributed by atoms with van der Waals surface area (Å²) < 4.78 is 0. The van der Waals surface area contributed by atoms with Crippen molar-refractivity contribution in [3.8, 4) is 0 Å². The molecule has 5 aliphatic carbocycles. The number of aliphatic hydroxyl groups excluding tert-OH is 1. The molecule has 0 aliphatic heterocycles. The van der Waals surface area contributed by atoms with E-state index in [1.54, 1.807) is 5.57 Å². The second-order valence-corrected chi connectivity index (χ2v) is 14.8. The third kappa shape index (κ3) is 2.65. The van der Waals surface area contributed by atoms with Gasteiger partial charge >= 0.3 is 0 Å². The largest absolute Gasteiger partial charge is 0.393 e. The van der Waals surface area contributed by atoms with Crippen LogP contribution in [-0.4, -0.2) is 11.2 Å². The molecular formula is C30H50O. The summed E-state index contributed by atoms with van der Waals surface area (Å²) in [5.74, 6) is 3.55. The number of hydrogen-bond donors (Lipinski definition) is 1. The Hall–Kier alpha value is -0.300.